The molecule has 0 bridgehead atoms. The molecule has 3 heteroatoms. The van der Waals surface area contributed by atoms with Crippen LogP contribution >= 0.6 is 0 Å². The summed E-state index contributed by atoms with van der Waals surface area (Å²) in [6, 6.07) is 17.8. The summed E-state index contributed by atoms with van der Waals surface area (Å²) in [6.07, 6.45) is 3.95. The van der Waals surface area contributed by atoms with Crippen LogP contribution in [-0.4, -0.2) is 17.3 Å². The highest BCUT2D eigenvalue weighted by molar-refractivity contribution is 5.50. The SMILES string of the molecule is O[C@H]1CCCC[C@@H]1Nc1cccc(Oc2ccccc2)c1. The maximum atomic E-state index is 10.0. The van der Waals surface area contributed by atoms with E-state index in [4.69, 9.17) is 4.74 Å². The predicted octanol–water partition coefficient (Wildman–Crippen LogP) is 4.19. The molecular formula is C18H21NO2. The van der Waals surface area contributed by atoms with Crippen molar-refractivity contribution in [2.45, 2.75) is 37.8 Å². The number of hydrogen-bond donors (Lipinski definition) is 2. The highest BCUT2D eigenvalue weighted by Crippen LogP contribution is 2.26. The van der Waals surface area contributed by atoms with Crippen LogP contribution in [0, 0.1) is 0 Å². The molecule has 2 aromatic carbocycles. The van der Waals surface area contributed by atoms with E-state index in [-0.39, 0.29) is 12.1 Å². The van der Waals surface area contributed by atoms with Crippen molar-refractivity contribution in [1.82, 2.24) is 0 Å². The van der Waals surface area contributed by atoms with Crippen LogP contribution in [0.5, 0.6) is 11.5 Å². The van der Waals surface area contributed by atoms with Gasteiger partial charge in [-0.2, -0.15) is 0 Å². The van der Waals surface area contributed by atoms with Gasteiger partial charge in [0, 0.05) is 11.8 Å². The molecule has 0 heterocycles. The Kier molecular flexibility index (Phi) is 4.41. The van der Waals surface area contributed by atoms with Gasteiger partial charge in [0.1, 0.15) is 11.5 Å². The quantitative estimate of drug-likeness (QED) is 0.884. The molecule has 110 valence electrons. The molecule has 0 unspecified atom stereocenters. The second-order valence-electron chi connectivity index (χ2n) is 5.55. The monoisotopic (exact) mass is 283 g/mol. The number of para-hydroxylation sites is 1. The number of ether oxygens (including phenoxy) is 1. The van der Waals surface area contributed by atoms with Gasteiger partial charge in [-0.1, -0.05) is 37.1 Å². The Morgan fingerprint density at radius 3 is 2.48 bits per heavy atom. The molecule has 1 saturated carbocycles. The van der Waals surface area contributed by atoms with Crippen molar-refractivity contribution in [2.75, 3.05) is 5.32 Å². The van der Waals surface area contributed by atoms with Crippen molar-refractivity contribution in [1.29, 1.82) is 0 Å². The van der Waals surface area contributed by atoms with Crippen LogP contribution in [0.3, 0.4) is 0 Å². The molecule has 0 spiro atoms. The van der Waals surface area contributed by atoms with Gasteiger partial charge in [-0.25, -0.2) is 0 Å². The Morgan fingerprint density at radius 2 is 1.67 bits per heavy atom. The number of rotatable bonds is 4. The topological polar surface area (TPSA) is 41.5 Å². The summed E-state index contributed by atoms with van der Waals surface area (Å²) in [5.41, 5.74) is 0.995. The highest BCUT2D eigenvalue weighted by atomic mass is 16.5. The van der Waals surface area contributed by atoms with Crippen LogP contribution in [-0.2, 0) is 0 Å². The van der Waals surface area contributed by atoms with Crippen molar-refractivity contribution in [3.8, 4) is 11.5 Å². The van der Waals surface area contributed by atoms with E-state index in [1.165, 1.54) is 6.42 Å². The van der Waals surface area contributed by atoms with E-state index < -0.39 is 0 Å². The lowest BCUT2D eigenvalue weighted by Gasteiger charge is -2.29. The van der Waals surface area contributed by atoms with Gasteiger partial charge in [0.05, 0.1) is 12.1 Å². The van der Waals surface area contributed by atoms with Crippen molar-refractivity contribution in [3.05, 3.63) is 54.6 Å². The highest BCUT2D eigenvalue weighted by Gasteiger charge is 2.22. The average Bonchev–Trinajstić information content (AvgIpc) is 2.51. The van der Waals surface area contributed by atoms with Gasteiger partial charge in [0.2, 0.25) is 0 Å². The Bertz CT molecular complexity index is 570. The molecule has 1 aliphatic rings. The first-order chi connectivity index (χ1) is 10.3. The third-order valence-corrected chi connectivity index (χ3v) is 3.89. The molecule has 0 aliphatic heterocycles. The largest absolute Gasteiger partial charge is 0.457 e. The molecule has 3 nitrogen and oxygen atoms in total. The normalized spacial score (nSPS) is 21.8. The third-order valence-electron chi connectivity index (χ3n) is 3.89. The molecule has 3 rings (SSSR count). The Morgan fingerprint density at radius 1 is 0.905 bits per heavy atom. The van der Waals surface area contributed by atoms with Gasteiger partial charge in [-0.15, -0.1) is 0 Å². The summed E-state index contributed by atoms with van der Waals surface area (Å²) in [7, 11) is 0. The molecular weight excluding hydrogens is 262 g/mol. The molecule has 2 N–H and O–H groups in total. The summed E-state index contributed by atoms with van der Waals surface area (Å²) in [6.45, 7) is 0. The van der Waals surface area contributed by atoms with E-state index in [0.29, 0.717) is 0 Å². The van der Waals surface area contributed by atoms with E-state index in [0.717, 1.165) is 36.4 Å². The summed E-state index contributed by atoms with van der Waals surface area (Å²) in [5, 5.41) is 13.5. The van der Waals surface area contributed by atoms with Crippen LogP contribution in [0.2, 0.25) is 0 Å². The summed E-state index contributed by atoms with van der Waals surface area (Å²) in [4.78, 5) is 0. The van der Waals surface area contributed by atoms with E-state index >= 15 is 0 Å². The van der Waals surface area contributed by atoms with Crippen LogP contribution in [0.4, 0.5) is 5.69 Å². The van der Waals surface area contributed by atoms with Crippen molar-refractivity contribution in [3.63, 3.8) is 0 Å². The van der Waals surface area contributed by atoms with Crippen molar-refractivity contribution < 1.29 is 9.84 Å². The van der Waals surface area contributed by atoms with E-state index in [1.807, 2.05) is 54.6 Å². The minimum absolute atomic E-state index is 0.144. The van der Waals surface area contributed by atoms with Crippen molar-refractivity contribution >= 4 is 5.69 Å². The minimum atomic E-state index is -0.252. The fourth-order valence-electron chi connectivity index (χ4n) is 2.77. The first-order valence-corrected chi connectivity index (χ1v) is 7.59. The molecule has 0 amide bonds. The van der Waals surface area contributed by atoms with E-state index in [1.54, 1.807) is 0 Å². The minimum Gasteiger partial charge on any atom is -0.457 e. The van der Waals surface area contributed by atoms with E-state index in [9.17, 15) is 5.11 Å². The maximum Gasteiger partial charge on any atom is 0.129 e. The van der Waals surface area contributed by atoms with Crippen LogP contribution in [0.15, 0.2) is 54.6 Å². The summed E-state index contributed by atoms with van der Waals surface area (Å²) < 4.78 is 5.83. The van der Waals surface area contributed by atoms with Gasteiger partial charge >= 0.3 is 0 Å². The molecule has 2 aromatic rings. The Balaban J connectivity index is 1.68. The molecule has 1 aliphatic carbocycles. The molecule has 0 radical (unpaired) electrons. The second kappa shape index (κ2) is 6.64. The summed E-state index contributed by atoms with van der Waals surface area (Å²) >= 11 is 0. The number of hydrogen-bond acceptors (Lipinski definition) is 3. The zero-order valence-electron chi connectivity index (χ0n) is 12.0. The first kappa shape index (κ1) is 14.0. The van der Waals surface area contributed by atoms with Gasteiger partial charge in [0.25, 0.3) is 0 Å². The molecule has 0 saturated heterocycles. The Hall–Kier alpha value is -2.00. The van der Waals surface area contributed by atoms with Gasteiger partial charge in [0.15, 0.2) is 0 Å². The van der Waals surface area contributed by atoms with E-state index in [2.05, 4.69) is 5.32 Å². The average molecular weight is 283 g/mol. The number of anilines is 1. The van der Waals surface area contributed by atoms with Crippen LogP contribution in [0.1, 0.15) is 25.7 Å². The van der Waals surface area contributed by atoms with Gasteiger partial charge in [-0.3, -0.25) is 0 Å². The number of aliphatic hydroxyl groups is 1. The zero-order valence-corrected chi connectivity index (χ0v) is 12.0. The molecule has 0 aromatic heterocycles. The molecule has 1 fully saturated rings. The van der Waals surface area contributed by atoms with Crippen molar-refractivity contribution in [2.24, 2.45) is 0 Å². The molecule has 2 atom stereocenters. The first-order valence-electron chi connectivity index (χ1n) is 7.59. The van der Waals surface area contributed by atoms with Crippen LogP contribution < -0.4 is 10.1 Å². The van der Waals surface area contributed by atoms with Gasteiger partial charge in [-0.05, 0) is 37.1 Å². The molecule has 21 heavy (non-hydrogen) atoms. The summed E-state index contributed by atoms with van der Waals surface area (Å²) in [5.74, 6) is 1.63. The van der Waals surface area contributed by atoms with Crippen LogP contribution in [0.25, 0.3) is 0 Å². The second-order valence-corrected chi connectivity index (χ2v) is 5.55. The fourth-order valence-corrected chi connectivity index (χ4v) is 2.77. The standard InChI is InChI=1S/C18H21NO2/c20-18-12-5-4-11-17(18)19-14-7-6-10-16(13-14)21-15-8-2-1-3-9-15/h1-3,6-10,13,17-20H,4-5,11-12H2/t17-,18-/m0/s1. The Labute approximate surface area is 125 Å². The van der Waals surface area contributed by atoms with Gasteiger partial charge < -0.3 is 15.2 Å². The third kappa shape index (κ3) is 3.76. The maximum absolute atomic E-state index is 10.0. The number of aliphatic hydroxyl groups excluding tert-OH is 1. The lowest BCUT2D eigenvalue weighted by atomic mass is 9.92. The smallest absolute Gasteiger partial charge is 0.129 e. The lowest BCUT2D eigenvalue weighted by Crippen LogP contribution is -2.36. The zero-order chi connectivity index (χ0) is 14.5. The predicted molar refractivity (Wildman–Crippen MR) is 84.8 cm³/mol. The number of nitrogens with one attached hydrogen (secondary N) is 1. The number of benzene rings is 2. The lowest BCUT2D eigenvalue weighted by molar-refractivity contribution is 0.116. The fraction of sp³-hybridized carbons (Fsp3) is 0.333.